The van der Waals surface area contributed by atoms with Crippen LogP contribution in [0.5, 0.6) is 0 Å². The largest absolute Gasteiger partial charge is 0.467 e. The van der Waals surface area contributed by atoms with Gasteiger partial charge in [-0.05, 0) is 37.3 Å². The maximum absolute atomic E-state index is 11.4. The lowest BCUT2D eigenvalue weighted by Gasteiger charge is -2.09. The molecule has 3 N–H and O–H groups in total. The standard InChI is InChI=1S/C13H18N2O4/c16-11(9-3-4-9)5-6-14-12(17)13(18)15-8-10-2-1-7-19-10/h1-2,7,9,11,16H,3-6,8H2,(H,14,17)(H,15,18)/t11-/m0/s1. The van der Waals surface area contributed by atoms with Crippen LogP contribution in [0.25, 0.3) is 0 Å². The van der Waals surface area contributed by atoms with Crippen LogP contribution in [0.3, 0.4) is 0 Å². The summed E-state index contributed by atoms with van der Waals surface area (Å²) < 4.78 is 5.03. The number of hydrogen-bond acceptors (Lipinski definition) is 4. The Morgan fingerprint density at radius 2 is 2.11 bits per heavy atom. The van der Waals surface area contributed by atoms with Crippen LogP contribution in [0, 0.1) is 5.92 Å². The number of nitrogens with one attached hydrogen (secondary N) is 2. The van der Waals surface area contributed by atoms with Crippen LogP contribution >= 0.6 is 0 Å². The van der Waals surface area contributed by atoms with Crippen molar-refractivity contribution in [1.82, 2.24) is 10.6 Å². The average molecular weight is 266 g/mol. The van der Waals surface area contributed by atoms with Crippen molar-refractivity contribution >= 4 is 11.8 Å². The minimum atomic E-state index is -0.697. The summed E-state index contributed by atoms with van der Waals surface area (Å²) in [6.07, 6.45) is 3.73. The lowest BCUT2D eigenvalue weighted by Crippen LogP contribution is -2.40. The van der Waals surface area contributed by atoms with Gasteiger partial charge in [0.05, 0.1) is 18.9 Å². The van der Waals surface area contributed by atoms with Crippen LogP contribution in [0.1, 0.15) is 25.0 Å². The predicted molar refractivity (Wildman–Crippen MR) is 66.9 cm³/mol. The van der Waals surface area contributed by atoms with E-state index >= 15 is 0 Å². The second-order valence-corrected chi connectivity index (χ2v) is 4.71. The number of rotatable bonds is 6. The smallest absolute Gasteiger partial charge is 0.309 e. The molecule has 1 aliphatic rings. The van der Waals surface area contributed by atoms with Gasteiger partial charge in [0.2, 0.25) is 0 Å². The molecule has 0 spiro atoms. The first-order valence-corrected chi connectivity index (χ1v) is 6.43. The Bertz CT molecular complexity index is 426. The molecule has 1 aliphatic carbocycles. The molecule has 0 aliphatic heterocycles. The van der Waals surface area contributed by atoms with Gasteiger partial charge >= 0.3 is 11.8 Å². The summed E-state index contributed by atoms with van der Waals surface area (Å²) in [6, 6.07) is 3.42. The molecule has 6 nitrogen and oxygen atoms in total. The summed E-state index contributed by atoms with van der Waals surface area (Å²) in [5.41, 5.74) is 0. The summed E-state index contributed by atoms with van der Waals surface area (Å²) in [4.78, 5) is 22.9. The van der Waals surface area contributed by atoms with E-state index < -0.39 is 11.8 Å². The molecule has 0 aromatic carbocycles. The second kappa shape index (κ2) is 6.38. The van der Waals surface area contributed by atoms with Crippen LogP contribution in [0.2, 0.25) is 0 Å². The Kier molecular flexibility index (Phi) is 4.57. The van der Waals surface area contributed by atoms with Crippen molar-refractivity contribution < 1.29 is 19.1 Å². The van der Waals surface area contributed by atoms with Crippen molar-refractivity contribution in [3.63, 3.8) is 0 Å². The molecule has 6 heteroatoms. The molecule has 0 bridgehead atoms. The molecule has 0 unspecified atom stereocenters. The first-order chi connectivity index (χ1) is 9.16. The van der Waals surface area contributed by atoms with Gasteiger partial charge in [-0.1, -0.05) is 0 Å². The number of hydrogen-bond donors (Lipinski definition) is 3. The van der Waals surface area contributed by atoms with Gasteiger partial charge in [0.15, 0.2) is 0 Å². The van der Waals surface area contributed by atoms with E-state index in [9.17, 15) is 14.7 Å². The summed E-state index contributed by atoms with van der Waals surface area (Å²) in [7, 11) is 0. The highest BCUT2D eigenvalue weighted by Gasteiger charge is 2.29. The summed E-state index contributed by atoms with van der Waals surface area (Å²) >= 11 is 0. The number of amides is 2. The topological polar surface area (TPSA) is 91.6 Å². The van der Waals surface area contributed by atoms with E-state index in [1.807, 2.05) is 0 Å². The van der Waals surface area contributed by atoms with Gasteiger partial charge in [-0.15, -0.1) is 0 Å². The Morgan fingerprint density at radius 3 is 2.74 bits per heavy atom. The third-order valence-electron chi connectivity index (χ3n) is 3.10. The maximum atomic E-state index is 11.4. The van der Waals surface area contributed by atoms with Gasteiger partial charge in [-0.3, -0.25) is 9.59 Å². The average Bonchev–Trinajstić information content (AvgIpc) is 3.13. The first kappa shape index (κ1) is 13.6. The maximum Gasteiger partial charge on any atom is 0.309 e. The van der Waals surface area contributed by atoms with Crippen molar-refractivity contribution in [3.05, 3.63) is 24.2 Å². The zero-order chi connectivity index (χ0) is 13.7. The fraction of sp³-hybridized carbons (Fsp3) is 0.538. The molecule has 19 heavy (non-hydrogen) atoms. The SMILES string of the molecule is O=C(NCC[C@H](O)C1CC1)C(=O)NCc1ccco1. The molecule has 2 rings (SSSR count). The highest BCUT2D eigenvalue weighted by Crippen LogP contribution is 2.33. The normalized spacial score (nSPS) is 15.8. The van der Waals surface area contributed by atoms with Crippen LogP contribution in [0.4, 0.5) is 0 Å². The third kappa shape index (κ3) is 4.40. The molecule has 2 amide bonds. The van der Waals surface area contributed by atoms with Crippen molar-refractivity contribution in [2.24, 2.45) is 5.92 Å². The highest BCUT2D eigenvalue weighted by atomic mass is 16.3. The van der Waals surface area contributed by atoms with Gasteiger partial charge in [-0.2, -0.15) is 0 Å². The van der Waals surface area contributed by atoms with E-state index in [4.69, 9.17) is 4.42 Å². The lowest BCUT2D eigenvalue weighted by atomic mass is 10.2. The third-order valence-corrected chi connectivity index (χ3v) is 3.10. The molecule has 1 saturated carbocycles. The van der Waals surface area contributed by atoms with Gasteiger partial charge in [0, 0.05) is 6.54 Å². The monoisotopic (exact) mass is 266 g/mol. The molecule has 0 radical (unpaired) electrons. The molecule has 104 valence electrons. The summed E-state index contributed by atoms with van der Waals surface area (Å²) in [6.45, 7) is 0.495. The Balaban J connectivity index is 1.60. The molecule has 1 aromatic rings. The molecule has 0 saturated heterocycles. The van der Waals surface area contributed by atoms with Crippen molar-refractivity contribution in [2.45, 2.75) is 31.9 Å². The molecule has 1 fully saturated rings. The van der Waals surface area contributed by atoms with Crippen LogP contribution in [-0.4, -0.2) is 29.6 Å². The number of aliphatic hydroxyl groups is 1. The first-order valence-electron chi connectivity index (χ1n) is 6.43. The number of carbonyl (C=O) groups excluding carboxylic acids is 2. The van der Waals surface area contributed by atoms with Crippen molar-refractivity contribution in [2.75, 3.05) is 6.54 Å². The molecule has 1 aromatic heterocycles. The summed E-state index contributed by atoms with van der Waals surface area (Å²) in [5.74, 6) is -0.415. The summed E-state index contributed by atoms with van der Waals surface area (Å²) in [5, 5.41) is 14.5. The Labute approximate surface area is 111 Å². The quantitative estimate of drug-likeness (QED) is 0.640. The molecular formula is C13H18N2O4. The molecular weight excluding hydrogens is 248 g/mol. The zero-order valence-corrected chi connectivity index (χ0v) is 10.6. The fourth-order valence-corrected chi connectivity index (χ4v) is 1.79. The van der Waals surface area contributed by atoms with Gasteiger partial charge in [-0.25, -0.2) is 0 Å². The number of aliphatic hydroxyl groups excluding tert-OH is 1. The second-order valence-electron chi connectivity index (χ2n) is 4.71. The van der Waals surface area contributed by atoms with E-state index in [1.165, 1.54) is 6.26 Å². The van der Waals surface area contributed by atoms with Gasteiger partial charge in [0.25, 0.3) is 0 Å². The van der Waals surface area contributed by atoms with Crippen LogP contribution in [-0.2, 0) is 16.1 Å². The number of furan rings is 1. The Hall–Kier alpha value is -1.82. The minimum Gasteiger partial charge on any atom is -0.467 e. The highest BCUT2D eigenvalue weighted by molar-refractivity contribution is 6.35. The van der Waals surface area contributed by atoms with Crippen molar-refractivity contribution in [1.29, 1.82) is 0 Å². The Morgan fingerprint density at radius 1 is 1.37 bits per heavy atom. The molecule has 1 heterocycles. The molecule has 1 atom stereocenters. The van der Waals surface area contributed by atoms with E-state index in [-0.39, 0.29) is 12.6 Å². The van der Waals surface area contributed by atoms with Gasteiger partial charge in [0.1, 0.15) is 5.76 Å². The number of carbonyl (C=O) groups is 2. The van der Waals surface area contributed by atoms with E-state index in [0.717, 1.165) is 12.8 Å². The van der Waals surface area contributed by atoms with E-state index in [0.29, 0.717) is 24.6 Å². The van der Waals surface area contributed by atoms with Gasteiger partial charge < -0.3 is 20.2 Å². The zero-order valence-electron chi connectivity index (χ0n) is 10.6. The predicted octanol–water partition coefficient (Wildman–Crippen LogP) is 0.173. The fourth-order valence-electron chi connectivity index (χ4n) is 1.79. The van der Waals surface area contributed by atoms with E-state index in [1.54, 1.807) is 12.1 Å². The van der Waals surface area contributed by atoms with E-state index in [2.05, 4.69) is 10.6 Å². The minimum absolute atomic E-state index is 0.184. The van der Waals surface area contributed by atoms with Crippen molar-refractivity contribution in [3.8, 4) is 0 Å². The van der Waals surface area contributed by atoms with Crippen LogP contribution in [0.15, 0.2) is 22.8 Å². The lowest BCUT2D eigenvalue weighted by molar-refractivity contribution is -0.139. The van der Waals surface area contributed by atoms with Crippen LogP contribution < -0.4 is 10.6 Å².